The Labute approximate surface area is 170 Å². The third kappa shape index (κ3) is 5.94. The van der Waals surface area contributed by atoms with E-state index in [0.717, 1.165) is 64.2 Å². The fourth-order valence-corrected chi connectivity index (χ4v) is 5.58. The van der Waals surface area contributed by atoms with Crippen molar-refractivity contribution >= 4 is 5.97 Å². The molecule has 3 N–H and O–H groups in total. The summed E-state index contributed by atoms with van der Waals surface area (Å²) in [5, 5.41) is 39.3. The molecule has 5 atom stereocenters. The highest BCUT2D eigenvalue weighted by Crippen LogP contribution is 2.48. The number of aliphatic hydroxyl groups excluding tert-OH is 2. The number of carbonyl (C=O) groups is 1. The second-order valence-electron chi connectivity index (χ2n) is 9.23. The lowest BCUT2D eigenvalue weighted by atomic mass is 9.62. The van der Waals surface area contributed by atoms with Crippen LogP contribution >= 0.6 is 0 Å². The van der Waals surface area contributed by atoms with Gasteiger partial charge in [-0.3, -0.25) is 4.79 Å². The number of carboxylic acids is 1. The summed E-state index contributed by atoms with van der Waals surface area (Å²) in [5.41, 5.74) is 0.138. The Kier molecular flexibility index (Phi) is 9.24. The molecule has 28 heavy (non-hydrogen) atoms. The zero-order valence-electron chi connectivity index (χ0n) is 17.5. The van der Waals surface area contributed by atoms with Crippen molar-refractivity contribution < 1.29 is 20.1 Å². The van der Waals surface area contributed by atoms with Crippen LogP contribution in [0.4, 0.5) is 0 Å². The fourth-order valence-electron chi connectivity index (χ4n) is 5.58. The van der Waals surface area contributed by atoms with Crippen molar-refractivity contribution in [2.24, 2.45) is 23.2 Å². The molecule has 2 aliphatic rings. The molecule has 2 saturated carbocycles. The van der Waals surface area contributed by atoms with Gasteiger partial charge in [0, 0.05) is 6.42 Å². The van der Waals surface area contributed by atoms with Gasteiger partial charge in [-0.15, -0.1) is 0 Å². The second-order valence-corrected chi connectivity index (χ2v) is 9.23. The number of unbranched alkanes of at least 4 members (excludes halogenated alkanes) is 3. The van der Waals surface area contributed by atoms with Gasteiger partial charge in [0.15, 0.2) is 0 Å². The standard InChI is InChI=1S/C23H39NO4/c1-2-23(13-8-14-23)21(26)11-7-10-19-18(17(16-24)15-20(19)25)9-5-3-4-6-12-22(27)28/h17-21,25-26H,2-15H2,1H3,(H,27,28)/t17?,18-,19?,20+,21?/m0/s1. The summed E-state index contributed by atoms with van der Waals surface area (Å²) in [6, 6.07) is 2.41. The van der Waals surface area contributed by atoms with Crippen LogP contribution in [0, 0.1) is 34.5 Å². The topological polar surface area (TPSA) is 102 Å². The van der Waals surface area contributed by atoms with E-state index in [0.29, 0.717) is 12.8 Å². The van der Waals surface area contributed by atoms with Crippen LogP contribution in [0.3, 0.4) is 0 Å². The number of aliphatic carboxylic acids is 1. The molecule has 0 bridgehead atoms. The van der Waals surface area contributed by atoms with E-state index in [9.17, 15) is 20.3 Å². The van der Waals surface area contributed by atoms with Crippen LogP contribution in [0.25, 0.3) is 0 Å². The van der Waals surface area contributed by atoms with E-state index in [1.807, 2.05) is 0 Å². The Morgan fingerprint density at radius 3 is 2.39 bits per heavy atom. The Bertz CT molecular complexity index is 520. The lowest BCUT2D eigenvalue weighted by molar-refractivity contribution is -0.137. The fraction of sp³-hybridized carbons (Fsp3) is 0.913. The Morgan fingerprint density at radius 1 is 1.14 bits per heavy atom. The van der Waals surface area contributed by atoms with Crippen molar-refractivity contribution in [3.05, 3.63) is 0 Å². The second kappa shape index (κ2) is 11.2. The van der Waals surface area contributed by atoms with Gasteiger partial charge in [-0.2, -0.15) is 5.26 Å². The van der Waals surface area contributed by atoms with E-state index in [-0.39, 0.29) is 35.7 Å². The van der Waals surface area contributed by atoms with Crippen LogP contribution in [-0.2, 0) is 4.79 Å². The molecule has 160 valence electrons. The molecule has 0 aromatic heterocycles. The molecule has 3 unspecified atom stereocenters. The highest BCUT2D eigenvalue weighted by molar-refractivity contribution is 5.66. The molecule has 0 aliphatic heterocycles. The third-order valence-corrected chi connectivity index (χ3v) is 7.68. The van der Waals surface area contributed by atoms with Crippen molar-refractivity contribution in [1.29, 1.82) is 5.26 Å². The normalized spacial score (nSPS) is 29.8. The molecular weight excluding hydrogens is 354 g/mol. The third-order valence-electron chi connectivity index (χ3n) is 7.68. The lowest BCUT2D eigenvalue weighted by Crippen LogP contribution is -2.40. The first-order valence-electron chi connectivity index (χ1n) is 11.4. The molecule has 0 saturated heterocycles. The van der Waals surface area contributed by atoms with E-state index in [1.54, 1.807) is 0 Å². The van der Waals surface area contributed by atoms with Gasteiger partial charge in [-0.1, -0.05) is 39.0 Å². The average molecular weight is 394 g/mol. The van der Waals surface area contributed by atoms with Crippen LogP contribution in [-0.4, -0.2) is 33.5 Å². The predicted molar refractivity (Wildman–Crippen MR) is 108 cm³/mol. The van der Waals surface area contributed by atoms with Gasteiger partial charge in [0.2, 0.25) is 0 Å². The van der Waals surface area contributed by atoms with Gasteiger partial charge in [0.05, 0.1) is 24.2 Å². The molecule has 2 fully saturated rings. The maximum atomic E-state index is 10.6. The lowest BCUT2D eigenvalue weighted by Gasteiger charge is -2.45. The maximum absolute atomic E-state index is 10.6. The highest BCUT2D eigenvalue weighted by atomic mass is 16.4. The number of carboxylic acid groups (broad SMARTS) is 1. The summed E-state index contributed by atoms with van der Waals surface area (Å²) in [4.78, 5) is 10.6. The van der Waals surface area contributed by atoms with E-state index in [2.05, 4.69) is 13.0 Å². The number of rotatable bonds is 13. The van der Waals surface area contributed by atoms with Crippen molar-refractivity contribution in [3.63, 3.8) is 0 Å². The van der Waals surface area contributed by atoms with Crippen LogP contribution in [0.5, 0.6) is 0 Å². The molecule has 5 heteroatoms. The molecule has 0 heterocycles. The largest absolute Gasteiger partial charge is 0.481 e. The van der Waals surface area contributed by atoms with E-state index in [1.165, 1.54) is 6.42 Å². The molecule has 5 nitrogen and oxygen atoms in total. The van der Waals surface area contributed by atoms with Gasteiger partial charge < -0.3 is 15.3 Å². The molecule has 0 aromatic carbocycles. The Balaban J connectivity index is 1.76. The van der Waals surface area contributed by atoms with Crippen molar-refractivity contribution in [3.8, 4) is 6.07 Å². The Hall–Kier alpha value is -1.12. The monoisotopic (exact) mass is 393 g/mol. The maximum Gasteiger partial charge on any atom is 0.303 e. The zero-order valence-corrected chi connectivity index (χ0v) is 17.5. The summed E-state index contributed by atoms with van der Waals surface area (Å²) in [7, 11) is 0. The summed E-state index contributed by atoms with van der Waals surface area (Å²) in [6.07, 6.45) is 11.9. The van der Waals surface area contributed by atoms with Crippen LogP contribution < -0.4 is 0 Å². The van der Waals surface area contributed by atoms with Crippen molar-refractivity contribution in [2.45, 2.75) is 109 Å². The predicted octanol–water partition coefficient (Wildman–Crippen LogP) is 4.66. The van der Waals surface area contributed by atoms with Gasteiger partial charge in [-0.05, 0) is 68.6 Å². The molecule has 0 radical (unpaired) electrons. The van der Waals surface area contributed by atoms with Crippen LogP contribution in [0.2, 0.25) is 0 Å². The average Bonchev–Trinajstić information content (AvgIpc) is 2.92. The van der Waals surface area contributed by atoms with Gasteiger partial charge in [-0.25, -0.2) is 0 Å². The number of nitriles is 1. The summed E-state index contributed by atoms with van der Waals surface area (Å²) >= 11 is 0. The number of hydrogen-bond donors (Lipinski definition) is 3. The first kappa shape index (κ1) is 23.2. The van der Waals surface area contributed by atoms with Crippen molar-refractivity contribution in [2.75, 3.05) is 0 Å². The van der Waals surface area contributed by atoms with E-state index < -0.39 is 12.1 Å². The number of nitrogens with zero attached hydrogens (tertiary/aromatic N) is 1. The zero-order chi connectivity index (χ0) is 20.6. The minimum absolute atomic E-state index is 0.0717. The molecule has 0 amide bonds. The molecule has 2 rings (SSSR count). The minimum atomic E-state index is -0.738. The first-order valence-corrected chi connectivity index (χ1v) is 11.4. The SMILES string of the molecule is CCC1(C(O)CCCC2[C@@H](CCCCCCC(=O)O)C(C#N)C[C@H]2O)CCC1. The summed E-state index contributed by atoms with van der Waals surface area (Å²) in [6.45, 7) is 2.17. The number of hydrogen-bond acceptors (Lipinski definition) is 4. The van der Waals surface area contributed by atoms with Crippen LogP contribution in [0.15, 0.2) is 0 Å². The van der Waals surface area contributed by atoms with Gasteiger partial charge in [0.25, 0.3) is 0 Å². The summed E-state index contributed by atoms with van der Waals surface area (Å²) in [5.74, 6) is -0.412. The van der Waals surface area contributed by atoms with Gasteiger partial charge >= 0.3 is 5.97 Å². The van der Waals surface area contributed by atoms with Gasteiger partial charge in [0.1, 0.15) is 0 Å². The number of aliphatic hydroxyl groups is 2. The van der Waals surface area contributed by atoms with Crippen molar-refractivity contribution in [1.82, 2.24) is 0 Å². The molecule has 0 spiro atoms. The Morgan fingerprint density at radius 2 is 1.82 bits per heavy atom. The minimum Gasteiger partial charge on any atom is -0.481 e. The van der Waals surface area contributed by atoms with E-state index in [4.69, 9.17) is 5.11 Å². The molecular formula is C23H39NO4. The first-order chi connectivity index (χ1) is 13.4. The quantitative estimate of drug-likeness (QED) is 0.395. The molecule has 0 aromatic rings. The highest BCUT2D eigenvalue weighted by Gasteiger charge is 2.43. The smallest absolute Gasteiger partial charge is 0.303 e. The van der Waals surface area contributed by atoms with E-state index >= 15 is 0 Å². The van der Waals surface area contributed by atoms with Crippen LogP contribution in [0.1, 0.15) is 96.8 Å². The summed E-state index contributed by atoms with van der Waals surface area (Å²) < 4.78 is 0. The molecule has 2 aliphatic carbocycles.